The molecule has 0 amide bonds. The van der Waals surface area contributed by atoms with Gasteiger partial charge in [0.1, 0.15) is 29.0 Å². The van der Waals surface area contributed by atoms with Crippen LogP contribution in [0.3, 0.4) is 0 Å². The molecule has 0 aliphatic carbocycles. The summed E-state index contributed by atoms with van der Waals surface area (Å²) in [5.41, 5.74) is -0.818. The van der Waals surface area contributed by atoms with Crippen molar-refractivity contribution < 1.29 is 27.4 Å². The molecule has 3 N–H and O–H groups in total. The summed E-state index contributed by atoms with van der Waals surface area (Å²) in [6.45, 7) is 3.17. The highest BCUT2D eigenvalue weighted by atomic mass is 19.1. The minimum absolute atomic E-state index is 0.0414. The summed E-state index contributed by atoms with van der Waals surface area (Å²) >= 11 is 0. The quantitative estimate of drug-likeness (QED) is 0.357. The van der Waals surface area contributed by atoms with Gasteiger partial charge in [0.15, 0.2) is 11.6 Å². The van der Waals surface area contributed by atoms with Crippen molar-refractivity contribution in [2.45, 2.75) is 19.4 Å². The van der Waals surface area contributed by atoms with E-state index >= 15 is 0 Å². The highest BCUT2D eigenvalue weighted by molar-refractivity contribution is 6.01. The Labute approximate surface area is 179 Å². The number of ether oxygens (including phenoxy) is 1. The summed E-state index contributed by atoms with van der Waals surface area (Å²) in [5.74, 6) is -3.23. The van der Waals surface area contributed by atoms with Crippen molar-refractivity contribution in [2.24, 2.45) is 0 Å². The zero-order chi connectivity index (χ0) is 23.0. The van der Waals surface area contributed by atoms with E-state index in [1.165, 1.54) is 6.07 Å². The smallest absolute Gasteiger partial charge is 0.223 e. The molecule has 0 bridgehead atoms. The van der Waals surface area contributed by atoms with Crippen LogP contribution in [0.25, 0.3) is 22.2 Å². The van der Waals surface area contributed by atoms with Crippen LogP contribution in [0.15, 0.2) is 42.5 Å². The number of nitrogens with one attached hydrogen (secondary N) is 2. The molecule has 2 heterocycles. The predicted octanol–water partition coefficient (Wildman–Crippen LogP) is 5.16. The van der Waals surface area contributed by atoms with Crippen molar-refractivity contribution >= 4 is 16.7 Å². The Morgan fingerprint density at radius 1 is 1.00 bits per heavy atom. The third-order valence-corrected chi connectivity index (χ3v) is 4.50. The lowest BCUT2D eigenvalue weighted by Gasteiger charge is -2.19. The second kappa shape index (κ2) is 8.12. The molecule has 32 heavy (non-hydrogen) atoms. The fourth-order valence-electron chi connectivity index (χ4n) is 3.05. The average molecular weight is 446 g/mol. The zero-order valence-corrected chi connectivity index (χ0v) is 17.0. The fraction of sp³-hybridized carbons (Fsp3) is 0.182. The lowest BCUT2D eigenvalue weighted by atomic mass is 10.1. The number of fused-ring (bicyclic) bond motifs is 1. The fourth-order valence-corrected chi connectivity index (χ4v) is 3.05. The molecule has 4 rings (SSSR count). The standard InChI is InChI=1S/C22H18F4N4O2/c1-22(2,31)10-27-21-19-16(29-30-20(19)13-7-11(23)3-5-14(13)25)9-18(28-21)32-17-6-4-12(24)8-15(17)26/h3-9,31H,10H2,1-2H3,(H,27,28)(H,29,30). The molecule has 2 aromatic heterocycles. The van der Waals surface area contributed by atoms with Gasteiger partial charge in [0.25, 0.3) is 0 Å². The Morgan fingerprint density at radius 2 is 1.72 bits per heavy atom. The molecule has 0 unspecified atom stereocenters. The van der Waals surface area contributed by atoms with Gasteiger partial charge in [0.2, 0.25) is 5.88 Å². The number of rotatable bonds is 6. The highest BCUT2D eigenvalue weighted by Crippen LogP contribution is 2.36. The van der Waals surface area contributed by atoms with Gasteiger partial charge >= 0.3 is 0 Å². The summed E-state index contributed by atoms with van der Waals surface area (Å²) in [6, 6.07) is 7.18. The van der Waals surface area contributed by atoms with Crippen LogP contribution in [0.1, 0.15) is 13.8 Å². The number of pyridine rings is 1. The zero-order valence-electron chi connectivity index (χ0n) is 17.0. The minimum atomic E-state index is -1.14. The van der Waals surface area contributed by atoms with Crippen LogP contribution in [0.5, 0.6) is 11.6 Å². The number of aromatic nitrogens is 3. The third kappa shape index (κ3) is 4.50. The SMILES string of the molecule is CC(C)(O)CNc1nc(Oc2ccc(F)cc2F)cc2[nH]nc(-c3cc(F)ccc3F)c12. The van der Waals surface area contributed by atoms with Gasteiger partial charge in [-0.25, -0.2) is 17.6 Å². The van der Waals surface area contributed by atoms with Crippen LogP contribution in [0.4, 0.5) is 23.4 Å². The molecule has 10 heteroatoms. The Bertz CT molecular complexity index is 1300. The maximum absolute atomic E-state index is 14.4. The van der Waals surface area contributed by atoms with Crippen LogP contribution >= 0.6 is 0 Å². The summed E-state index contributed by atoms with van der Waals surface area (Å²) in [4.78, 5) is 4.29. The Hall–Kier alpha value is -3.66. The van der Waals surface area contributed by atoms with Crippen LogP contribution in [0, 0.1) is 23.3 Å². The van der Waals surface area contributed by atoms with Gasteiger partial charge in [0.05, 0.1) is 16.5 Å². The van der Waals surface area contributed by atoms with Crippen molar-refractivity contribution in [2.75, 3.05) is 11.9 Å². The molecule has 2 aromatic carbocycles. The first-order valence-electron chi connectivity index (χ1n) is 9.54. The van der Waals surface area contributed by atoms with E-state index in [9.17, 15) is 22.7 Å². The van der Waals surface area contributed by atoms with Gasteiger partial charge in [-0.15, -0.1) is 0 Å². The number of benzene rings is 2. The van der Waals surface area contributed by atoms with E-state index in [4.69, 9.17) is 4.74 Å². The number of H-pyrrole nitrogens is 1. The van der Waals surface area contributed by atoms with Crippen molar-refractivity contribution in [3.05, 3.63) is 65.7 Å². The summed E-state index contributed by atoms with van der Waals surface area (Å²) in [5, 5.41) is 20.1. The maximum atomic E-state index is 14.4. The van der Waals surface area contributed by atoms with Crippen LogP contribution in [-0.2, 0) is 0 Å². The summed E-state index contributed by atoms with van der Waals surface area (Å²) < 4.78 is 60.8. The van der Waals surface area contributed by atoms with Gasteiger partial charge in [-0.3, -0.25) is 5.10 Å². The third-order valence-electron chi connectivity index (χ3n) is 4.50. The summed E-state index contributed by atoms with van der Waals surface area (Å²) in [7, 11) is 0. The van der Waals surface area contributed by atoms with Crippen molar-refractivity contribution in [1.29, 1.82) is 0 Å². The average Bonchev–Trinajstić information content (AvgIpc) is 3.13. The van der Waals surface area contributed by atoms with E-state index in [1.807, 2.05) is 0 Å². The number of hydrogen-bond donors (Lipinski definition) is 3. The number of aromatic amines is 1. The minimum Gasteiger partial charge on any atom is -0.436 e. The molecular weight excluding hydrogens is 428 g/mol. The highest BCUT2D eigenvalue weighted by Gasteiger charge is 2.21. The van der Waals surface area contributed by atoms with E-state index < -0.39 is 28.9 Å². The first-order valence-corrected chi connectivity index (χ1v) is 9.54. The molecular formula is C22H18F4N4O2. The summed E-state index contributed by atoms with van der Waals surface area (Å²) in [6.07, 6.45) is 0. The van der Waals surface area contributed by atoms with Crippen molar-refractivity contribution in [1.82, 2.24) is 15.2 Å². The first-order chi connectivity index (χ1) is 15.1. The molecule has 6 nitrogen and oxygen atoms in total. The number of hydrogen-bond acceptors (Lipinski definition) is 5. The maximum Gasteiger partial charge on any atom is 0.223 e. The van der Waals surface area contributed by atoms with Gasteiger partial charge < -0.3 is 15.2 Å². The molecule has 0 spiro atoms. The van der Waals surface area contributed by atoms with Gasteiger partial charge in [-0.05, 0) is 44.2 Å². The molecule has 0 atom stereocenters. The largest absolute Gasteiger partial charge is 0.436 e. The van der Waals surface area contributed by atoms with E-state index in [0.29, 0.717) is 17.0 Å². The molecule has 0 saturated carbocycles. The molecule has 0 aliphatic heterocycles. The monoisotopic (exact) mass is 446 g/mol. The topological polar surface area (TPSA) is 83.1 Å². The van der Waals surface area contributed by atoms with Gasteiger partial charge in [0, 0.05) is 24.2 Å². The normalized spacial score (nSPS) is 11.7. The van der Waals surface area contributed by atoms with Crippen molar-refractivity contribution in [3.63, 3.8) is 0 Å². The number of halogens is 4. The van der Waals surface area contributed by atoms with E-state index in [-0.39, 0.29) is 35.2 Å². The molecule has 166 valence electrons. The van der Waals surface area contributed by atoms with E-state index in [0.717, 1.165) is 30.3 Å². The molecule has 0 fully saturated rings. The molecule has 4 aromatic rings. The molecule has 0 aliphatic rings. The Morgan fingerprint density at radius 3 is 2.44 bits per heavy atom. The number of nitrogens with zero attached hydrogens (tertiary/aromatic N) is 2. The van der Waals surface area contributed by atoms with E-state index in [2.05, 4.69) is 20.5 Å². The van der Waals surface area contributed by atoms with Crippen molar-refractivity contribution in [3.8, 4) is 22.9 Å². The second-order valence-electron chi connectivity index (χ2n) is 7.77. The second-order valence-corrected chi connectivity index (χ2v) is 7.77. The number of anilines is 1. The molecule has 0 radical (unpaired) electrons. The van der Waals surface area contributed by atoms with Crippen LogP contribution in [0.2, 0.25) is 0 Å². The number of aliphatic hydroxyl groups is 1. The van der Waals surface area contributed by atoms with Crippen LogP contribution < -0.4 is 10.1 Å². The first kappa shape index (κ1) is 21.6. The molecule has 0 saturated heterocycles. The Kier molecular flexibility index (Phi) is 5.47. The lowest BCUT2D eigenvalue weighted by Crippen LogP contribution is -2.29. The predicted molar refractivity (Wildman–Crippen MR) is 110 cm³/mol. The van der Waals surface area contributed by atoms with Gasteiger partial charge in [-0.1, -0.05) is 0 Å². The van der Waals surface area contributed by atoms with Crippen LogP contribution in [-0.4, -0.2) is 32.4 Å². The van der Waals surface area contributed by atoms with E-state index in [1.54, 1.807) is 13.8 Å². The lowest BCUT2D eigenvalue weighted by molar-refractivity contribution is 0.0944. The Balaban J connectivity index is 1.84. The van der Waals surface area contributed by atoms with Gasteiger partial charge in [-0.2, -0.15) is 10.1 Å².